The van der Waals surface area contributed by atoms with E-state index < -0.39 is 5.60 Å². The number of aryl methyl sites for hydroxylation is 2. The maximum absolute atomic E-state index is 13.8. The van der Waals surface area contributed by atoms with Crippen molar-refractivity contribution in [1.29, 1.82) is 0 Å². The molecule has 2 N–H and O–H groups in total. The van der Waals surface area contributed by atoms with E-state index >= 15 is 0 Å². The lowest BCUT2D eigenvalue weighted by Crippen LogP contribution is -2.41. The number of H-pyrrole nitrogens is 1. The molecule has 29 heavy (non-hydrogen) atoms. The van der Waals surface area contributed by atoms with Crippen LogP contribution in [-0.4, -0.2) is 16.0 Å². The van der Waals surface area contributed by atoms with Gasteiger partial charge in [-0.25, -0.2) is 0 Å². The molecule has 1 atom stereocenters. The fraction of sp³-hybridized carbons (Fsp3) is 0.160. The molecule has 0 bridgehead atoms. The highest BCUT2D eigenvalue weighted by Crippen LogP contribution is 2.47. The third kappa shape index (κ3) is 2.46. The van der Waals surface area contributed by atoms with Gasteiger partial charge in [0.05, 0.1) is 12.2 Å². The molecule has 1 aliphatic rings. The van der Waals surface area contributed by atoms with Crippen LogP contribution in [0.25, 0.3) is 10.9 Å². The van der Waals surface area contributed by atoms with E-state index in [9.17, 15) is 9.90 Å². The fourth-order valence-corrected chi connectivity index (χ4v) is 4.53. The summed E-state index contributed by atoms with van der Waals surface area (Å²) < 4.78 is 0. The summed E-state index contributed by atoms with van der Waals surface area (Å²) in [5, 5.41) is 12.8. The molecule has 2 heterocycles. The van der Waals surface area contributed by atoms with Gasteiger partial charge in [-0.05, 0) is 37.1 Å². The Bertz CT molecular complexity index is 1260. The number of hydrogen-bond donors (Lipinski definition) is 2. The first-order valence-electron chi connectivity index (χ1n) is 9.78. The number of nitrogens with zero attached hydrogens (tertiary/aromatic N) is 1. The Morgan fingerprint density at radius 1 is 0.931 bits per heavy atom. The topological polar surface area (TPSA) is 56.3 Å². The summed E-state index contributed by atoms with van der Waals surface area (Å²) in [4.78, 5) is 18.8. The molecule has 0 spiro atoms. The molecule has 0 radical (unpaired) electrons. The van der Waals surface area contributed by atoms with Crippen molar-refractivity contribution in [3.63, 3.8) is 0 Å². The van der Waals surface area contributed by atoms with Crippen LogP contribution in [0.2, 0.25) is 0 Å². The van der Waals surface area contributed by atoms with Crippen molar-refractivity contribution in [2.45, 2.75) is 26.0 Å². The van der Waals surface area contributed by atoms with E-state index in [2.05, 4.69) is 4.98 Å². The fourth-order valence-electron chi connectivity index (χ4n) is 4.53. The number of nitrogens with one attached hydrogen (secondary N) is 1. The summed E-state index contributed by atoms with van der Waals surface area (Å²) in [7, 11) is 0. The second-order valence-corrected chi connectivity index (χ2v) is 7.72. The first kappa shape index (κ1) is 17.7. The number of aromatic nitrogens is 1. The lowest BCUT2D eigenvalue weighted by molar-refractivity contribution is -0.132. The van der Waals surface area contributed by atoms with Gasteiger partial charge in [-0.15, -0.1) is 0 Å². The molecule has 0 saturated heterocycles. The number of aliphatic hydroxyl groups is 1. The molecule has 0 aliphatic carbocycles. The minimum absolute atomic E-state index is 0.310. The maximum Gasteiger partial charge on any atom is 0.268 e. The average molecular weight is 382 g/mol. The minimum atomic E-state index is -1.72. The van der Waals surface area contributed by atoms with Crippen molar-refractivity contribution in [3.8, 4) is 0 Å². The second kappa shape index (κ2) is 6.33. The molecular formula is C25H22N2O2. The minimum Gasteiger partial charge on any atom is -0.372 e. The lowest BCUT2D eigenvalue weighted by Gasteiger charge is -2.24. The summed E-state index contributed by atoms with van der Waals surface area (Å²) in [6.07, 6.45) is 0. The van der Waals surface area contributed by atoms with Crippen LogP contribution in [0.4, 0.5) is 5.69 Å². The van der Waals surface area contributed by atoms with Gasteiger partial charge in [0.25, 0.3) is 5.91 Å². The Hall–Kier alpha value is -3.37. The number of para-hydroxylation sites is 2. The summed E-state index contributed by atoms with van der Waals surface area (Å²) in [5.41, 5.74) is 4.21. The standard InChI is InChI=1S/C25H22N2O2/c1-16-9-3-4-10-18(16)15-27-22-14-8-6-12-20(22)25(29,24(27)28)23-17(2)26-21-13-7-5-11-19(21)23/h3-14,26,29H,15H2,1-2H3/t25-/m1/s1. The van der Waals surface area contributed by atoms with Crippen LogP contribution in [0, 0.1) is 13.8 Å². The van der Waals surface area contributed by atoms with E-state index in [1.165, 1.54) is 0 Å². The van der Waals surface area contributed by atoms with E-state index in [4.69, 9.17) is 0 Å². The summed E-state index contributed by atoms with van der Waals surface area (Å²) in [5.74, 6) is -0.310. The van der Waals surface area contributed by atoms with Gasteiger partial charge in [0, 0.05) is 27.7 Å². The van der Waals surface area contributed by atoms with Gasteiger partial charge in [-0.2, -0.15) is 0 Å². The Morgan fingerprint density at radius 3 is 2.45 bits per heavy atom. The smallest absolute Gasteiger partial charge is 0.268 e. The van der Waals surface area contributed by atoms with Crippen molar-refractivity contribution in [2.24, 2.45) is 0 Å². The predicted molar refractivity (Wildman–Crippen MR) is 115 cm³/mol. The summed E-state index contributed by atoms with van der Waals surface area (Å²) in [6.45, 7) is 4.37. The monoisotopic (exact) mass is 382 g/mol. The first-order chi connectivity index (χ1) is 14.0. The molecule has 5 rings (SSSR count). The molecule has 4 aromatic rings. The number of carbonyl (C=O) groups excluding carboxylic acids is 1. The third-order valence-electron chi connectivity index (χ3n) is 5.98. The molecule has 144 valence electrons. The van der Waals surface area contributed by atoms with Crippen molar-refractivity contribution in [1.82, 2.24) is 4.98 Å². The molecule has 4 heteroatoms. The predicted octanol–water partition coefficient (Wildman–Crippen LogP) is 4.57. The Balaban J connectivity index is 1.71. The zero-order valence-electron chi connectivity index (χ0n) is 16.4. The number of anilines is 1. The SMILES string of the molecule is Cc1ccccc1CN1C(=O)[C@](O)(c2c(C)[nH]c3ccccc23)c2ccccc21. The van der Waals surface area contributed by atoms with Crippen LogP contribution in [-0.2, 0) is 16.9 Å². The van der Waals surface area contributed by atoms with Gasteiger partial charge in [0.2, 0.25) is 0 Å². The molecule has 0 fully saturated rings. The highest BCUT2D eigenvalue weighted by atomic mass is 16.3. The van der Waals surface area contributed by atoms with Crippen LogP contribution in [0.5, 0.6) is 0 Å². The van der Waals surface area contributed by atoms with Gasteiger partial charge >= 0.3 is 0 Å². The molecule has 4 nitrogen and oxygen atoms in total. The Kier molecular flexibility index (Phi) is 3.86. The molecule has 1 aromatic heterocycles. The van der Waals surface area contributed by atoms with Gasteiger partial charge in [-0.1, -0.05) is 60.7 Å². The van der Waals surface area contributed by atoms with Crippen LogP contribution in [0.1, 0.15) is 27.9 Å². The van der Waals surface area contributed by atoms with E-state index in [0.717, 1.165) is 33.4 Å². The zero-order valence-corrected chi connectivity index (χ0v) is 16.4. The van der Waals surface area contributed by atoms with Gasteiger partial charge < -0.3 is 15.0 Å². The maximum atomic E-state index is 13.8. The van der Waals surface area contributed by atoms with E-state index in [1.807, 2.05) is 86.6 Å². The van der Waals surface area contributed by atoms with Crippen LogP contribution >= 0.6 is 0 Å². The molecule has 1 amide bonds. The van der Waals surface area contributed by atoms with Crippen LogP contribution in [0.3, 0.4) is 0 Å². The number of hydrogen-bond acceptors (Lipinski definition) is 2. The third-order valence-corrected chi connectivity index (χ3v) is 5.98. The van der Waals surface area contributed by atoms with Crippen molar-refractivity contribution >= 4 is 22.5 Å². The Morgan fingerprint density at radius 2 is 1.62 bits per heavy atom. The molecule has 3 aromatic carbocycles. The van der Waals surface area contributed by atoms with Gasteiger partial charge in [-0.3, -0.25) is 4.79 Å². The van der Waals surface area contributed by atoms with Crippen molar-refractivity contribution in [3.05, 3.63) is 101 Å². The lowest BCUT2D eigenvalue weighted by atomic mass is 9.85. The molecule has 0 unspecified atom stereocenters. The normalized spacial score (nSPS) is 18.4. The van der Waals surface area contributed by atoms with Gasteiger partial charge in [0.1, 0.15) is 0 Å². The number of aromatic amines is 1. The number of carbonyl (C=O) groups is 1. The largest absolute Gasteiger partial charge is 0.372 e. The Labute approximate surface area is 169 Å². The summed E-state index contributed by atoms with van der Waals surface area (Å²) in [6, 6.07) is 23.4. The van der Waals surface area contributed by atoms with Crippen LogP contribution in [0.15, 0.2) is 72.8 Å². The zero-order chi connectivity index (χ0) is 20.2. The van der Waals surface area contributed by atoms with Crippen molar-refractivity contribution < 1.29 is 9.90 Å². The average Bonchev–Trinajstić information content (AvgIpc) is 3.17. The van der Waals surface area contributed by atoms with E-state index in [0.29, 0.717) is 17.7 Å². The first-order valence-corrected chi connectivity index (χ1v) is 9.78. The number of benzene rings is 3. The van der Waals surface area contributed by atoms with E-state index in [1.54, 1.807) is 4.90 Å². The van der Waals surface area contributed by atoms with Crippen LogP contribution < -0.4 is 4.90 Å². The molecule has 1 aliphatic heterocycles. The van der Waals surface area contributed by atoms with E-state index in [-0.39, 0.29) is 5.91 Å². The second-order valence-electron chi connectivity index (χ2n) is 7.72. The molecule has 0 saturated carbocycles. The quantitative estimate of drug-likeness (QED) is 0.545. The number of fused-ring (bicyclic) bond motifs is 2. The number of rotatable bonds is 3. The molecular weight excluding hydrogens is 360 g/mol. The van der Waals surface area contributed by atoms with Crippen molar-refractivity contribution in [2.75, 3.05) is 4.90 Å². The summed E-state index contributed by atoms with van der Waals surface area (Å²) >= 11 is 0. The van der Waals surface area contributed by atoms with Gasteiger partial charge in [0.15, 0.2) is 5.60 Å². The highest BCUT2D eigenvalue weighted by Gasteiger charge is 2.52. The number of amides is 1. The highest BCUT2D eigenvalue weighted by molar-refractivity contribution is 6.11.